The number of carbonyl (C=O) groups is 2. The molecule has 1 saturated carbocycles. The summed E-state index contributed by atoms with van der Waals surface area (Å²) in [7, 11) is 0. The van der Waals surface area contributed by atoms with E-state index < -0.39 is 0 Å². The molecular weight excluding hydrogens is 550 g/mol. The molecule has 2 aromatic rings. The number of phenolic OH excluding ortho intramolecular Hbond substituents is 1. The van der Waals surface area contributed by atoms with Crippen LogP contribution in [0, 0.1) is 31.6 Å². The third kappa shape index (κ3) is 6.10. The summed E-state index contributed by atoms with van der Waals surface area (Å²) in [5.74, 6) is 0.522. The first kappa shape index (κ1) is 30.6. The standard InChI is InChI=1S/C38H47NO5/c1-4-11-26(20-27-18-24(2)36(40)25(3)19-27)16-17-33-34-28(22-43-30-14-9-6-10-15-30)21-31-35(32(34)23-44-33)38(42)39(37(31)41)29-12-7-5-8-13-29/h6,9-10,14-15,18-20,29,31-33,35,40H,4-5,7-8,11-13,16-17,21-23H2,1-3H3/b26-20+/t31-,32+,33-,35-/m1/s1. The van der Waals surface area contributed by atoms with Gasteiger partial charge in [-0.05, 0) is 104 Å². The molecule has 2 heterocycles. The highest BCUT2D eigenvalue weighted by atomic mass is 16.5. The molecule has 6 heteroatoms. The molecule has 0 unspecified atom stereocenters. The van der Waals surface area contributed by atoms with E-state index in [0.29, 0.717) is 25.4 Å². The molecule has 6 rings (SSSR count). The van der Waals surface area contributed by atoms with E-state index in [4.69, 9.17) is 9.47 Å². The Morgan fingerprint density at radius 1 is 1.00 bits per heavy atom. The highest BCUT2D eigenvalue weighted by Gasteiger charge is 2.58. The molecule has 234 valence electrons. The lowest BCUT2D eigenvalue weighted by atomic mass is 9.69. The van der Waals surface area contributed by atoms with Gasteiger partial charge in [-0.15, -0.1) is 0 Å². The van der Waals surface area contributed by atoms with E-state index in [2.05, 4.69) is 13.0 Å². The Hall–Kier alpha value is -3.38. The number of nitrogens with zero attached hydrogens (tertiary/aromatic N) is 1. The van der Waals surface area contributed by atoms with Gasteiger partial charge >= 0.3 is 0 Å². The minimum atomic E-state index is -0.321. The number of phenols is 1. The molecule has 2 saturated heterocycles. The lowest BCUT2D eigenvalue weighted by Crippen LogP contribution is -2.42. The van der Waals surface area contributed by atoms with Crippen LogP contribution in [-0.2, 0) is 14.3 Å². The number of aromatic hydroxyl groups is 1. The lowest BCUT2D eigenvalue weighted by molar-refractivity contribution is -0.143. The number of amides is 2. The number of carbonyl (C=O) groups excluding carboxylic acids is 2. The Morgan fingerprint density at radius 2 is 1.73 bits per heavy atom. The smallest absolute Gasteiger partial charge is 0.234 e. The van der Waals surface area contributed by atoms with Crippen LogP contribution >= 0.6 is 0 Å². The average molecular weight is 598 g/mol. The van der Waals surface area contributed by atoms with Gasteiger partial charge in [0.2, 0.25) is 11.8 Å². The van der Waals surface area contributed by atoms with Crippen LogP contribution in [0.2, 0.25) is 0 Å². The maximum Gasteiger partial charge on any atom is 0.234 e. The van der Waals surface area contributed by atoms with Crippen LogP contribution in [0.15, 0.2) is 59.2 Å². The van der Waals surface area contributed by atoms with Gasteiger partial charge in [0.15, 0.2) is 0 Å². The summed E-state index contributed by atoms with van der Waals surface area (Å²) in [5.41, 5.74) is 6.59. The number of hydrogen-bond donors (Lipinski definition) is 1. The average Bonchev–Trinajstić information content (AvgIpc) is 3.56. The van der Waals surface area contributed by atoms with Gasteiger partial charge in [-0.3, -0.25) is 14.5 Å². The summed E-state index contributed by atoms with van der Waals surface area (Å²) in [5, 5.41) is 10.3. The molecule has 2 aliphatic carbocycles. The van der Waals surface area contributed by atoms with Crippen LogP contribution in [-0.4, -0.2) is 47.2 Å². The number of imide groups is 1. The zero-order chi connectivity index (χ0) is 30.8. The van der Waals surface area contributed by atoms with E-state index in [0.717, 1.165) is 79.4 Å². The normalized spacial score (nSPS) is 25.9. The lowest BCUT2D eigenvalue weighted by Gasteiger charge is -2.32. The van der Waals surface area contributed by atoms with Gasteiger partial charge in [0.25, 0.3) is 0 Å². The molecule has 3 fully saturated rings. The maximum absolute atomic E-state index is 14.0. The van der Waals surface area contributed by atoms with Gasteiger partial charge in [0.05, 0.1) is 24.5 Å². The summed E-state index contributed by atoms with van der Waals surface area (Å²) in [6, 6.07) is 14.0. The number of allylic oxidation sites excluding steroid dienone is 1. The van der Waals surface area contributed by atoms with Gasteiger partial charge in [-0.2, -0.15) is 0 Å². The predicted octanol–water partition coefficient (Wildman–Crippen LogP) is 7.70. The number of rotatable bonds is 10. The molecule has 0 spiro atoms. The fourth-order valence-corrected chi connectivity index (χ4v) is 8.23. The van der Waals surface area contributed by atoms with Gasteiger partial charge < -0.3 is 14.6 Å². The molecule has 0 bridgehead atoms. The molecule has 0 aromatic heterocycles. The van der Waals surface area contributed by atoms with Crippen molar-refractivity contribution in [3.63, 3.8) is 0 Å². The fraction of sp³-hybridized carbons (Fsp3) is 0.526. The highest BCUT2D eigenvalue weighted by molar-refractivity contribution is 6.06. The Bertz CT molecular complexity index is 1410. The SMILES string of the molecule is CCC/C(=C\c1cc(C)c(O)c(C)c1)CC[C@H]1OC[C@H]2C1=C(COc1ccccc1)C[C@H]1C(=O)N(C3CCCCC3)C(=O)[C@H]12. The van der Waals surface area contributed by atoms with E-state index in [1.807, 2.05) is 56.3 Å². The minimum Gasteiger partial charge on any atom is -0.507 e. The number of fused-ring (bicyclic) bond motifs is 3. The Kier molecular flexibility index (Phi) is 9.27. The largest absolute Gasteiger partial charge is 0.507 e. The van der Waals surface area contributed by atoms with E-state index >= 15 is 0 Å². The topological polar surface area (TPSA) is 76.1 Å². The number of hydrogen-bond acceptors (Lipinski definition) is 5. The summed E-state index contributed by atoms with van der Waals surface area (Å²) in [6.07, 6.45) is 11.7. The quantitative estimate of drug-likeness (QED) is 0.224. The van der Waals surface area contributed by atoms with Crippen molar-refractivity contribution in [3.8, 4) is 11.5 Å². The molecule has 6 nitrogen and oxygen atoms in total. The maximum atomic E-state index is 14.0. The van der Waals surface area contributed by atoms with Gasteiger partial charge in [0, 0.05) is 12.0 Å². The molecule has 2 aliphatic heterocycles. The van der Waals surface area contributed by atoms with E-state index in [-0.39, 0.29) is 41.7 Å². The van der Waals surface area contributed by atoms with Crippen molar-refractivity contribution in [2.75, 3.05) is 13.2 Å². The van der Waals surface area contributed by atoms with Crippen molar-refractivity contribution in [2.45, 2.75) is 97.1 Å². The monoisotopic (exact) mass is 597 g/mol. The minimum absolute atomic E-state index is 0.0271. The first-order valence-corrected chi connectivity index (χ1v) is 16.7. The zero-order valence-corrected chi connectivity index (χ0v) is 26.5. The van der Waals surface area contributed by atoms with Crippen LogP contribution in [0.1, 0.15) is 87.8 Å². The van der Waals surface area contributed by atoms with Crippen molar-refractivity contribution < 1.29 is 24.2 Å². The van der Waals surface area contributed by atoms with Crippen molar-refractivity contribution in [2.24, 2.45) is 17.8 Å². The first-order valence-electron chi connectivity index (χ1n) is 16.7. The Labute approximate surface area is 262 Å². The van der Waals surface area contributed by atoms with Crippen LogP contribution < -0.4 is 4.74 Å². The second-order valence-electron chi connectivity index (χ2n) is 13.4. The molecular formula is C38H47NO5. The third-order valence-electron chi connectivity index (χ3n) is 10.3. The molecule has 2 aromatic carbocycles. The van der Waals surface area contributed by atoms with E-state index in [1.165, 1.54) is 17.6 Å². The van der Waals surface area contributed by atoms with E-state index in [9.17, 15) is 14.7 Å². The molecule has 4 aliphatic rings. The highest BCUT2D eigenvalue weighted by Crippen LogP contribution is 2.51. The second-order valence-corrected chi connectivity index (χ2v) is 13.4. The number of aryl methyl sites for hydroxylation is 2. The van der Waals surface area contributed by atoms with Crippen LogP contribution in [0.5, 0.6) is 11.5 Å². The molecule has 44 heavy (non-hydrogen) atoms. The van der Waals surface area contributed by atoms with Crippen molar-refractivity contribution in [3.05, 3.63) is 75.9 Å². The summed E-state index contributed by atoms with van der Waals surface area (Å²) < 4.78 is 12.8. The molecule has 0 radical (unpaired) electrons. The number of likely N-dealkylation sites (tertiary alicyclic amines) is 1. The third-order valence-corrected chi connectivity index (χ3v) is 10.3. The molecule has 4 atom stereocenters. The Balaban J connectivity index is 1.26. The summed E-state index contributed by atoms with van der Waals surface area (Å²) in [6.45, 7) is 6.98. The second kappa shape index (κ2) is 13.3. The predicted molar refractivity (Wildman–Crippen MR) is 172 cm³/mol. The van der Waals surface area contributed by atoms with Crippen LogP contribution in [0.4, 0.5) is 0 Å². The van der Waals surface area contributed by atoms with Gasteiger partial charge in [-0.1, -0.05) is 62.5 Å². The van der Waals surface area contributed by atoms with Gasteiger partial charge in [-0.25, -0.2) is 0 Å². The Morgan fingerprint density at radius 3 is 2.43 bits per heavy atom. The van der Waals surface area contributed by atoms with Crippen molar-refractivity contribution in [1.82, 2.24) is 4.90 Å². The number of benzene rings is 2. The van der Waals surface area contributed by atoms with Crippen molar-refractivity contribution in [1.29, 1.82) is 0 Å². The zero-order valence-electron chi connectivity index (χ0n) is 26.5. The molecule has 2 amide bonds. The molecule has 1 N–H and O–H groups in total. The fourth-order valence-electron chi connectivity index (χ4n) is 8.23. The van der Waals surface area contributed by atoms with Gasteiger partial charge in [0.1, 0.15) is 18.1 Å². The number of para-hydroxylation sites is 1. The van der Waals surface area contributed by atoms with Crippen LogP contribution in [0.3, 0.4) is 0 Å². The van der Waals surface area contributed by atoms with Crippen LogP contribution in [0.25, 0.3) is 6.08 Å². The number of ether oxygens (including phenoxy) is 2. The summed E-state index contributed by atoms with van der Waals surface area (Å²) >= 11 is 0. The van der Waals surface area contributed by atoms with E-state index in [1.54, 1.807) is 4.90 Å². The first-order chi connectivity index (χ1) is 21.4. The summed E-state index contributed by atoms with van der Waals surface area (Å²) in [4.78, 5) is 29.5. The van der Waals surface area contributed by atoms with Crippen molar-refractivity contribution >= 4 is 17.9 Å².